The Hall–Kier alpha value is -2.03. The molecule has 0 fully saturated rings. The highest BCUT2D eigenvalue weighted by molar-refractivity contribution is 8.31. The standard InChI is InChI=1S/C6H4O2.Cl2O2S.2H2N3/c7-5-1-2-6(8)4-3-5;1-5(2,3)4;2*1-3-2/h1-4H;;2*1-2H/q;;2*+1. The molecule has 0 saturated carbocycles. The molecule has 0 atom stereocenters. The van der Waals surface area contributed by atoms with Crippen LogP contribution >= 0.6 is 21.4 Å². The van der Waals surface area contributed by atoms with Crippen LogP contribution in [-0.4, -0.2) is 20.0 Å². The number of rotatable bonds is 0. The van der Waals surface area contributed by atoms with E-state index in [1.807, 2.05) is 9.82 Å². The Labute approximate surface area is 116 Å². The van der Waals surface area contributed by atoms with Crippen molar-refractivity contribution < 1.29 is 18.0 Å². The Morgan fingerprint density at radius 3 is 1.00 bits per heavy atom. The van der Waals surface area contributed by atoms with Crippen LogP contribution < -0.4 is 9.82 Å². The fourth-order valence-electron chi connectivity index (χ4n) is 0.440. The molecule has 13 heteroatoms. The van der Waals surface area contributed by atoms with Gasteiger partial charge in [0.25, 0.3) is 0 Å². The molecule has 1 rings (SSSR count). The SMILES string of the molecule is N=[N+]=N.N=[N+]=N.O=C1C=CC(=O)C=C1.O=S(=O)(Cl)Cl. The van der Waals surface area contributed by atoms with Gasteiger partial charge in [-0.1, -0.05) is 0 Å². The van der Waals surface area contributed by atoms with E-state index in [2.05, 4.69) is 21.4 Å². The lowest BCUT2D eigenvalue weighted by Crippen LogP contribution is -1.97. The zero-order valence-electron chi connectivity index (χ0n) is 9.00. The van der Waals surface area contributed by atoms with Gasteiger partial charge in [-0.25, -0.2) is 0 Å². The molecule has 10 nitrogen and oxygen atoms in total. The van der Waals surface area contributed by atoms with Crippen molar-refractivity contribution in [2.24, 2.45) is 0 Å². The second-order valence-corrected chi connectivity index (χ2v) is 5.74. The Morgan fingerprint density at radius 2 is 0.895 bits per heavy atom. The first kappa shape index (κ1) is 22.2. The largest absolute Gasteiger partial charge is 0.317 e. The highest BCUT2D eigenvalue weighted by Gasteiger charge is 1.97. The van der Waals surface area contributed by atoms with Gasteiger partial charge >= 0.3 is 8.26 Å². The number of halogens is 2. The normalized spacial score (nSPS) is 11.3. The maximum atomic E-state index is 10.3. The fraction of sp³-hybridized carbons (Fsp3) is 0. The van der Waals surface area contributed by atoms with Crippen LogP contribution in [-0.2, 0) is 17.9 Å². The summed E-state index contributed by atoms with van der Waals surface area (Å²) >= 11 is 0. The highest BCUT2D eigenvalue weighted by atomic mass is 36.0. The molecule has 4 N–H and O–H groups in total. The lowest BCUT2D eigenvalue weighted by molar-refractivity contribution is -0.113. The highest BCUT2D eigenvalue weighted by Crippen LogP contribution is 1.98. The first-order chi connectivity index (χ1) is 8.62. The summed E-state index contributed by atoms with van der Waals surface area (Å²) in [5.41, 5.74) is 22.0. The molecule has 19 heavy (non-hydrogen) atoms. The summed E-state index contributed by atoms with van der Waals surface area (Å²) in [6.07, 6.45) is 5.01. The van der Waals surface area contributed by atoms with Crippen LogP contribution in [0, 0.1) is 22.1 Å². The molecule has 0 saturated heterocycles. The predicted molar refractivity (Wildman–Crippen MR) is 64.1 cm³/mol. The molecule has 0 aromatic heterocycles. The number of nitrogens with zero attached hydrogens (tertiary/aromatic N) is 2. The summed E-state index contributed by atoms with van der Waals surface area (Å²) in [4.78, 5) is 24.6. The molecule has 0 spiro atoms. The lowest BCUT2D eigenvalue weighted by atomic mass is 10.2. The van der Waals surface area contributed by atoms with E-state index in [0.717, 1.165) is 0 Å². The molecular weight excluding hydrogens is 323 g/mol. The van der Waals surface area contributed by atoms with E-state index < -0.39 is 8.26 Å². The Kier molecular flexibility index (Phi) is 16.4. The van der Waals surface area contributed by atoms with Gasteiger partial charge < -0.3 is 0 Å². The number of hydrogen-bond donors (Lipinski definition) is 4. The van der Waals surface area contributed by atoms with Crippen LogP contribution in [0.1, 0.15) is 0 Å². The first-order valence-electron chi connectivity index (χ1n) is 3.77. The van der Waals surface area contributed by atoms with Crippen molar-refractivity contribution in [1.29, 1.82) is 22.1 Å². The van der Waals surface area contributed by atoms with Crippen molar-refractivity contribution in [2.45, 2.75) is 0 Å². The van der Waals surface area contributed by atoms with Crippen LogP contribution in [0.2, 0.25) is 0 Å². The smallest absolute Gasteiger partial charge is 0.290 e. The third-order valence-electron chi connectivity index (χ3n) is 0.824. The van der Waals surface area contributed by atoms with Gasteiger partial charge in [0.05, 0.1) is 0 Å². The number of allylic oxidation sites excluding steroid dienone is 4. The van der Waals surface area contributed by atoms with Gasteiger partial charge in [-0.15, -0.1) is 0 Å². The van der Waals surface area contributed by atoms with Crippen LogP contribution in [0.5, 0.6) is 0 Å². The summed E-state index contributed by atoms with van der Waals surface area (Å²) in [6, 6.07) is 0. The molecule has 0 aromatic rings. The fourth-order valence-corrected chi connectivity index (χ4v) is 0.440. The molecular formula is C6H8Cl2N6O4S+2. The molecule has 0 unspecified atom stereocenters. The van der Waals surface area contributed by atoms with Crippen molar-refractivity contribution in [1.82, 2.24) is 9.82 Å². The Balaban J connectivity index is -0.000000202. The molecule has 1 aliphatic rings. The molecule has 0 radical (unpaired) electrons. The first-order valence-corrected chi connectivity index (χ1v) is 6.90. The van der Waals surface area contributed by atoms with Crippen LogP contribution in [0.4, 0.5) is 0 Å². The maximum absolute atomic E-state index is 10.3. The third kappa shape index (κ3) is 49.1. The number of nitrogens with one attached hydrogen (secondary N) is 4. The summed E-state index contributed by atoms with van der Waals surface area (Å²) < 4.78 is 18.3. The number of ketones is 2. The van der Waals surface area contributed by atoms with Gasteiger partial charge in [0.2, 0.25) is 9.82 Å². The van der Waals surface area contributed by atoms with E-state index in [1.54, 1.807) is 0 Å². The summed E-state index contributed by atoms with van der Waals surface area (Å²) in [5, 5.41) is 0. The van der Waals surface area contributed by atoms with E-state index in [-0.39, 0.29) is 11.6 Å². The van der Waals surface area contributed by atoms with Gasteiger partial charge in [-0.05, 0) is 24.3 Å². The van der Waals surface area contributed by atoms with Crippen LogP contribution in [0.3, 0.4) is 0 Å². The molecule has 1 aliphatic carbocycles. The second kappa shape index (κ2) is 14.0. The average Bonchev–Trinajstić information content (AvgIpc) is 2.22. The minimum atomic E-state index is -3.72. The quantitative estimate of drug-likeness (QED) is 0.224. The Bertz CT molecular complexity index is 470. The van der Waals surface area contributed by atoms with E-state index >= 15 is 0 Å². The van der Waals surface area contributed by atoms with E-state index in [4.69, 9.17) is 30.5 Å². The number of hydrogen-bond acceptors (Lipinski definition) is 8. The minimum absolute atomic E-state index is 0.121. The topological polar surface area (TPSA) is 192 Å². The van der Waals surface area contributed by atoms with Crippen LogP contribution in [0.15, 0.2) is 24.3 Å². The number of carbonyl (C=O) groups excluding carboxylic acids is 2. The van der Waals surface area contributed by atoms with Crippen LogP contribution in [0.25, 0.3) is 0 Å². The van der Waals surface area contributed by atoms with Gasteiger partial charge in [0.15, 0.2) is 11.6 Å². The molecule has 104 valence electrons. The van der Waals surface area contributed by atoms with Crippen molar-refractivity contribution in [3.05, 3.63) is 24.3 Å². The minimum Gasteiger partial charge on any atom is -0.290 e. The van der Waals surface area contributed by atoms with Gasteiger partial charge in [-0.2, -0.15) is 8.42 Å². The van der Waals surface area contributed by atoms with E-state index in [1.165, 1.54) is 24.3 Å². The molecule has 0 amide bonds. The Morgan fingerprint density at radius 1 is 0.789 bits per heavy atom. The summed E-state index contributed by atoms with van der Waals surface area (Å²) in [5.74, 6) is -0.241. The van der Waals surface area contributed by atoms with E-state index in [9.17, 15) is 9.59 Å². The monoisotopic (exact) mass is 330 g/mol. The van der Waals surface area contributed by atoms with Crippen molar-refractivity contribution in [2.75, 3.05) is 0 Å². The average molecular weight is 331 g/mol. The molecule has 0 heterocycles. The second-order valence-electron chi connectivity index (χ2n) is 2.07. The molecule has 0 aromatic carbocycles. The lowest BCUT2D eigenvalue weighted by Gasteiger charge is -1.87. The van der Waals surface area contributed by atoms with Crippen molar-refractivity contribution in [3.63, 3.8) is 0 Å². The maximum Gasteiger partial charge on any atom is 0.317 e. The third-order valence-corrected chi connectivity index (χ3v) is 0.824. The van der Waals surface area contributed by atoms with Crippen molar-refractivity contribution >= 4 is 41.2 Å². The summed E-state index contributed by atoms with van der Waals surface area (Å²) in [7, 11) is 4.81. The zero-order valence-corrected chi connectivity index (χ0v) is 11.3. The predicted octanol–water partition coefficient (Wildman–Crippen LogP) is 1.19. The summed E-state index contributed by atoms with van der Waals surface area (Å²) in [6.45, 7) is 0. The van der Waals surface area contributed by atoms with Gasteiger partial charge in [-0.3, -0.25) is 9.59 Å². The van der Waals surface area contributed by atoms with E-state index in [0.29, 0.717) is 0 Å². The van der Waals surface area contributed by atoms with Gasteiger partial charge in [0.1, 0.15) is 22.1 Å². The van der Waals surface area contributed by atoms with Crippen molar-refractivity contribution in [3.8, 4) is 0 Å². The molecule has 0 bridgehead atoms. The zero-order chi connectivity index (χ0) is 15.9. The number of carbonyl (C=O) groups is 2. The van der Waals surface area contributed by atoms with Gasteiger partial charge in [0, 0.05) is 21.4 Å². The molecule has 0 aliphatic heterocycles.